The Morgan fingerprint density at radius 2 is 2.16 bits per heavy atom. The molecule has 1 fully saturated rings. The van der Waals surface area contributed by atoms with Crippen LogP contribution in [0, 0.1) is 0 Å². The number of guanidine groups is 1. The van der Waals surface area contributed by atoms with E-state index in [2.05, 4.69) is 22.5 Å². The average Bonchev–Trinajstić information content (AvgIpc) is 2.89. The zero-order chi connectivity index (χ0) is 13.5. The molecule has 0 heterocycles. The Morgan fingerprint density at radius 1 is 1.37 bits per heavy atom. The second kappa shape index (κ2) is 7.02. The van der Waals surface area contributed by atoms with Crippen LogP contribution in [0.25, 0.3) is 0 Å². The van der Waals surface area contributed by atoms with Crippen LogP contribution in [0.4, 0.5) is 0 Å². The van der Waals surface area contributed by atoms with E-state index in [1.54, 1.807) is 12.1 Å². The molecule has 0 aliphatic heterocycles. The largest absolute Gasteiger partial charge is 0.508 e. The Labute approximate surface area is 114 Å². The van der Waals surface area contributed by atoms with Gasteiger partial charge in [-0.05, 0) is 37.5 Å². The van der Waals surface area contributed by atoms with Crippen LogP contribution in [0.15, 0.2) is 29.3 Å². The van der Waals surface area contributed by atoms with E-state index in [9.17, 15) is 5.11 Å². The smallest absolute Gasteiger partial charge is 0.191 e. The summed E-state index contributed by atoms with van der Waals surface area (Å²) >= 11 is 0. The molecule has 2 rings (SSSR count). The van der Waals surface area contributed by atoms with E-state index in [1.807, 2.05) is 12.1 Å². The summed E-state index contributed by atoms with van der Waals surface area (Å²) in [7, 11) is 0. The Bertz CT molecular complexity index is 425. The number of aliphatic imine (C=N–C) groups is 1. The molecule has 4 nitrogen and oxygen atoms in total. The molecule has 0 radical (unpaired) electrons. The molecule has 0 amide bonds. The van der Waals surface area contributed by atoms with E-state index in [1.165, 1.54) is 25.7 Å². The predicted octanol–water partition coefficient (Wildman–Crippen LogP) is 2.39. The molecular weight excluding hydrogens is 238 g/mol. The molecule has 1 aliphatic rings. The van der Waals surface area contributed by atoms with Crippen molar-refractivity contribution in [3.05, 3.63) is 29.8 Å². The highest BCUT2D eigenvalue weighted by molar-refractivity contribution is 5.80. The first-order valence-electron chi connectivity index (χ1n) is 7.10. The van der Waals surface area contributed by atoms with Crippen molar-refractivity contribution >= 4 is 5.96 Å². The summed E-state index contributed by atoms with van der Waals surface area (Å²) in [5, 5.41) is 16.2. The maximum atomic E-state index is 9.43. The van der Waals surface area contributed by atoms with Gasteiger partial charge in [0.15, 0.2) is 5.96 Å². The van der Waals surface area contributed by atoms with Crippen LogP contribution in [0.2, 0.25) is 0 Å². The first-order valence-corrected chi connectivity index (χ1v) is 7.10. The van der Waals surface area contributed by atoms with Crippen LogP contribution in [-0.2, 0) is 6.54 Å². The summed E-state index contributed by atoms with van der Waals surface area (Å²) in [6.45, 7) is 3.51. The molecular formula is C15H23N3O. The summed E-state index contributed by atoms with van der Waals surface area (Å²) < 4.78 is 0. The molecule has 1 saturated carbocycles. The summed E-state index contributed by atoms with van der Waals surface area (Å²) in [5.41, 5.74) is 1.02. The van der Waals surface area contributed by atoms with Crippen LogP contribution in [0.5, 0.6) is 5.75 Å². The van der Waals surface area contributed by atoms with Gasteiger partial charge in [0.05, 0.1) is 6.54 Å². The minimum absolute atomic E-state index is 0.293. The first kappa shape index (κ1) is 13.7. The van der Waals surface area contributed by atoms with Crippen molar-refractivity contribution in [3.63, 3.8) is 0 Å². The topological polar surface area (TPSA) is 56.7 Å². The first-order chi connectivity index (χ1) is 9.28. The number of phenolic OH excluding ortho intramolecular Hbond substituents is 1. The SMILES string of the molecule is CCNC(=NCc1cccc(O)c1)NC1CCCC1. The predicted molar refractivity (Wildman–Crippen MR) is 78.3 cm³/mol. The summed E-state index contributed by atoms with van der Waals surface area (Å²) in [6, 6.07) is 7.81. The van der Waals surface area contributed by atoms with Gasteiger partial charge >= 0.3 is 0 Å². The summed E-state index contributed by atoms with van der Waals surface area (Å²) in [4.78, 5) is 4.57. The van der Waals surface area contributed by atoms with Gasteiger partial charge in [-0.1, -0.05) is 25.0 Å². The number of rotatable bonds is 4. The monoisotopic (exact) mass is 261 g/mol. The van der Waals surface area contributed by atoms with E-state index < -0.39 is 0 Å². The lowest BCUT2D eigenvalue weighted by atomic mass is 10.2. The van der Waals surface area contributed by atoms with Gasteiger partial charge < -0.3 is 15.7 Å². The van der Waals surface area contributed by atoms with Gasteiger partial charge in [0.1, 0.15) is 5.75 Å². The quantitative estimate of drug-likeness (QED) is 0.576. The molecule has 104 valence electrons. The minimum atomic E-state index is 0.293. The van der Waals surface area contributed by atoms with Crippen molar-refractivity contribution < 1.29 is 5.11 Å². The third kappa shape index (κ3) is 4.47. The number of aromatic hydroxyl groups is 1. The number of benzene rings is 1. The number of phenols is 1. The van der Waals surface area contributed by atoms with Crippen molar-refractivity contribution in [2.24, 2.45) is 4.99 Å². The number of nitrogens with zero attached hydrogens (tertiary/aromatic N) is 1. The molecule has 0 saturated heterocycles. The Kier molecular flexibility index (Phi) is 5.07. The molecule has 0 aromatic heterocycles. The fourth-order valence-electron chi connectivity index (χ4n) is 2.41. The minimum Gasteiger partial charge on any atom is -0.508 e. The maximum Gasteiger partial charge on any atom is 0.191 e. The zero-order valence-corrected chi connectivity index (χ0v) is 11.5. The summed E-state index contributed by atoms with van der Waals surface area (Å²) in [6.07, 6.45) is 5.08. The standard InChI is InChI=1S/C15H23N3O/c1-2-16-15(18-13-7-3-4-8-13)17-11-12-6-5-9-14(19)10-12/h5-6,9-10,13,19H,2-4,7-8,11H2,1H3,(H2,16,17,18). The number of hydrogen-bond donors (Lipinski definition) is 3. The zero-order valence-electron chi connectivity index (χ0n) is 11.5. The summed E-state index contributed by atoms with van der Waals surface area (Å²) in [5.74, 6) is 1.17. The van der Waals surface area contributed by atoms with Gasteiger partial charge in [0.2, 0.25) is 0 Å². The lowest BCUT2D eigenvalue weighted by Crippen LogP contribution is -2.42. The lowest BCUT2D eigenvalue weighted by molar-refractivity contribution is 0.474. The van der Waals surface area contributed by atoms with Crippen LogP contribution in [0.3, 0.4) is 0 Å². The second-order valence-corrected chi connectivity index (χ2v) is 4.99. The maximum absolute atomic E-state index is 9.43. The van der Waals surface area contributed by atoms with Crippen molar-refractivity contribution in [2.45, 2.75) is 45.2 Å². The van der Waals surface area contributed by atoms with Crippen molar-refractivity contribution in [2.75, 3.05) is 6.54 Å². The van der Waals surface area contributed by atoms with E-state index >= 15 is 0 Å². The van der Waals surface area contributed by atoms with Crippen molar-refractivity contribution in [3.8, 4) is 5.75 Å². The van der Waals surface area contributed by atoms with Gasteiger partial charge in [0.25, 0.3) is 0 Å². The third-order valence-corrected chi connectivity index (χ3v) is 3.37. The van der Waals surface area contributed by atoms with Gasteiger partial charge in [0, 0.05) is 12.6 Å². The molecule has 1 aromatic carbocycles. The molecule has 1 aromatic rings. The molecule has 4 heteroatoms. The Balaban J connectivity index is 1.95. The lowest BCUT2D eigenvalue weighted by Gasteiger charge is -2.16. The Hall–Kier alpha value is -1.71. The number of nitrogens with one attached hydrogen (secondary N) is 2. The van der Waals surface area contributed by atoms with Crippen LogP contribution in [-0.4, -0.2) is 23.7 Å². The van der Waals surface area contributed by atoms with Crippen LogP contribution >= 0.6 is 0 Å². The molecule has 0 unspecified atom stereocenters. The van der Waals surface area contributed by atoms with Gasteiger partial charge in [-0.2, -0.15) is 0 Å². The highest BCUT2D eigenvalue weighted by Crippen LogP contribution is 2.17. The van der Waals surface area contributed by atoms with Gasteiger partial charge in [-0.3, -0.25) is 0 Å². The van der Waals surface area contributed by atoms with Crippen LogP contribution < -0.4 is 10.6 Å². The molecule has 0 atom stereocenters. The third-order valence-electron chi connectivity index (χ3n) is 3.37. The molecule has 19 heavy (non-hydrogen) atoms. The van der Waals surface area contributed by atoms with Crippen LogP contribution in [0.1, 0.15) is 38.2 Å². The molecule has 3 N–H and O–H groups in total. The highest BCUT2D eigenvalue weighted by Gasteiger charge is 2.15. The van der Waals surface area contributed by atoms with Gasteiger partial charge in [-0.25, -0.2) is 4.99 Å². The number of hydrogen-bond acceptors (Lipinski definition) is 2. The second-order valence-electron chi connectivity index (χ2n) is 4.99. The highest BCUT2D eigenvalue weighted by atomic mass is 16.3. The normalized spacial score (nSPS) is 16.6. The molecule has 1 aliphatic carbocycles. The fourth-order valence-corrected chi connectivity index (χ4v) is 2.41. The van der Waals surface area contributed by atoms with Crippen molar-refractivity contribution in [1.29, 1.82) is 0 Å². The Morgan fingerprint density at radius 3 is 2.84 bits per heavy atom. The molecule has 0 spiro atoms. The van der Waals surface area contributed by atoms with Gasteiger partial charge in [-0.15, -0.1) is 0 Å². The fraction of sp³-hybridized carbons (Fsp3) is 0.533. The van der Waals surface area contributed by atoms with E-state index in [-0.39, 0.29) is 0 Å². The van der Waals surface area contributed by atoms with E-state index in [0.29, 0.717) is 18.3 Å². The van der Waals surface area contributed by atoms with Crippen molar-refractivity contribution in [1.82, 2.24) is 10.6 Å². The molecule has 0 bridgehead atoms. The van der Waals surface area contributed by atoms with E-state index in [4.69, 9.17) is 0 Å². The average molecular weight is 261 g/mol. The van der Waals surface area contributed by atoms with E-state index in [0.717, 1.165) is 18.1 Å².